The number of nitriles is 1. The Morgan fingerprint density at radius 2 is 1.94 bits per heavy atom. The minimum absolute atomic E-state index is 0.0311. The molecule has 2 aliphatic rings. The summed E-state index contributed by atoms with van der Waals surface area (Å²) < 4.78 is 53.2. The van der Waals surface area contributed by atoms with Gasteiger partial charge in [0.25, 0.3) is 0 Å². The van der Waals surface area contributed by atoms with Gasteiger partial charge < -0.3 is 20.9 Å². The van der Waals surface area contributed by atoms with Gasteiger partial charge in [0.2, 0.25) is 5.91 Å². The normalized spacial score (nSPS) is 21.6. The summed E-state index contributed by atoms with van der Waals surface area (Å²) in [5, 5.41) is 11.7. The Balaban J connectivity index is 1.91. The number of nitrogens with zero attached hydrogens (tertiary/aromatic N) is 3. The molecule has 0 aromatic heterocycles. The van der Waals surface area contributed by atoms with Crippen molar-refractivity contribution in [1.29, 1.82) is 5.26 Å². The Morgan fingerprint density at radius 1 is 1.26 bits per heavy atom. The molecule has 1 aromatic rings. The Bertz CT molecular complexity index is 983. The number of benzene rings is 1. The fourth-order valence-electron chi connectivity index (χ4n) is 3.90. The van der Waals surface area contributed by atoms with Crippen LogP contribution in [0.5, 0.6) is 0 Å². The van der Waals surface area contributed by atoms with E-state index in [0.29, 0.717) is 5.56 Å². The summed E-state index contributed by atoms with van der Waals surface area (Å²) in [5.41, 5.74) is 3.83. The van der Waals surface area contributed by atoms with Crippen LogP contribution in [0.25, 0.3) is 5.57 Å². The highest BCUT2D eigenvalue weighted by Gasteiger charge is 2.51. The zero-order chi connectivity index (χ0) is 23.1. The molecule has 2 heterocycles. The number of alkyl halides is 3. The van der Waals surface area contributed by atoms with Crippen LogP contribution in [0.3, 0.4) is 0 Å². The second-order valence-corrected chi connectivity index (χ2v) is 8.02. The maximum Gasteiger partial charge on any atom is 0.411 e. The first kappa shape index (κ1) is 22.4. The second-order valence-electron chi connectivity index (χ2n) is 8.02. The molecule has 7 nitrogen and oxygen atoms in total. The van der Waals surface area contributed by atoms with Crippen LogP contribution in [-0.4, -0.2) is 59.1 Å². The Hall–Kier alpha value is -3.29. The molecular formula is C20H21F4N5O2. The van der Waals surface area contributed by atoms with Crippen molar-refractivity contribution >= 4 is 17.5 Å². The lowest BCUT2D eigenvalue weighted by Gasteiger charge is -2.41. The Labute approximate surface area is 176 Å². The summed E-state index contributed by atoms with van der Waals surface area (Å²) in [6.45, 7) is 1.71. The molecule has 166 valence electrons. The van der Waals surface area contributed by atoms with Crippen LogP contribution >= 0.6 is 0 Å². The Kier molecular flexibility index (Phi) is 5.60. The van der Waals surface area contributed by atoms with Crippen molar-refractivity contribution in [1.82, 2.24) is 15.1 Å². The van der Waals surface area contributed by atoms with E-state index in [-0.39, 0.29) is 30.9 Å². The maximum absolute atomic E-state index is 13.8. The summed E-state index contributed by atoms with van der Waals surface area (Å²) >= 11 is 0. The number of hydrogen-bond donors (Lipinski definition) is 2. The predicted molar refractivity (Wildman–Crippen MR) is 102 cm³/mol. The number of nitrogens with two attached hydrogens (primary N) is 1. The predicted octanol–water partition coefficient (Wildman–Crippen LogP) is 2.21. The van der Waals surface area contributed by atoms with Gasteiger partial charge in [0.15, 0.2) is 0 Å². The summed E-state index contributed by atoms with van der Waals surface area (Å²) in [5.74, 6) is -2.38. The van der Waals surface area contributed by atoms with Crippen molar-refractivity contribution < 1.29 is 27.2 Å². The third-order valence-corrected chi connectivity index (χ3v) is 5.62. The second kappa shape index (κ2) is 7.76. The van der Waals surface area contributed by atoms with Crippen LogP contribution in [-0.2, 0) is 4.79 Å². The molecule has 3 amide bonds. The first-order chi connectivity index (χ1) is 14.4. The number of carbonyl (C=O) groups is 2. The molecule has 3 rings (SSSR count). The fraction of sp³-hybridized carbons (Fsp3) is 0.450. The average molecular weight is 439 g/mol. The molecule has 1 aromatic carbocycles. The molecule has 31 heavy (non-hydrogen) atoms. The monoisotopic (exact) mass is 439 g/mol. The molecule has 11 heteroatoms. The summed E-state index contributed by atoms with van der Waals surface area (Å²) in [7, 11) is 0. The lowest BCUT2D eigenvalue weighted by Crippen LogP contribution is -2.62. The average Bonchev–Trinajstić information content (AvgIpc) is 3.00. The number of hydrogen-bond acceptors (Lipinski definition) is 4. The number of fused-ring (bicyclic) bond motifs is 1. The Morgan fingerprint density at radius 3 is 2.48 bits per heavy atom. The van der Waals surface area contributed by atoms with E-state index in [1.165, 1.54) is 18.2 Å². The molecule has 2 unspecified atom stereocenters. The van der Waals surface area contributed by atoms with Gasteiger partial charge in [-0.25, -0.2) is 9.18 Å². The number of primary amides is 1. The molecule has 2 aliphatic heterocycles. The SMILES string of the molecule is CC(C)(NC(=O)N1CCN2C(C#N)=C(c3cccc(F)c3)C(C(N)=O)C2C1)C(F)(F)F. The molecule has 1 fully saturated rings. The van der Waals surface area contributed by atoms with E-state index in [1.54, 1.807) is 11.0 Å². The van der Waals surface area contributed by atoms with Gasteiger partial charge in [-0.05, 0) is 31.5 Å². The van der Waals surface area contributed by atoms with Crippen LogP contribution in [0.15, 0.2) is 30.0 Å². The molecular weight excluding hydrogens is 418 g/mol. The zero-order valence-electron chi connectivity index (χ0n) is 16.8. The van der Waals surface area contributed by atoms with Crippen molar-refractivity contribution in [3.05, 3.63) is 41.3 Å². The van der Waals surface area contributed by atoms with E-state index in [2.05, 4.69) is 0 Å². The number of carbonyl (C=O) groups excluding carboxylic acids is 2. The van der Waals surface area contributed by atoms with Crippen molar-refractivity contribution in [2.45, 2.75) is 31.6 Å². The number of allylic oxidation sites excluding steroid dienone is 1. The minimum Gasteiger partial charge on any atom is -0.369 e. The van der Waals surface area contributed by atoms with E-state index in [0.717, 1.165) is 18.7 Å². The van der Waals surface area contributed by atoms with Crippen LogP contribution in [0, 0.1) is 23.1 Å². The molecule has 0 radical (unpaired) electrons. The lowest BCUT2D eigenvalue weighted by atomic mass is 9.87. The summed E-state index contributed by atoms with van der Waals surface area (Å²) in [4.78, 5) is 27.6. The third-order valence-electron chi connectivity index (χ3n) is 5.62. The standard InChI is InChI=1S/C20H21F4N5O2/c1-19(2,20(22,23)24)27-18(31)28-6-7-29-13(9-25)15(11-4-3-5-12(21)8-11)16(17(26)30)14(29)10-28/h3-5,8,14,16H,6-7,10H2,1-2H3,(H2,26,30)(H,27,31). The fourth-order valence-corrected chi connectivity index (χ4v) is 3.90. The van der Waals surface area contributed by atoms with E-state index in [4.69, 9.17) is 5.73 Å². The molecule has 0 saturated carbocycles. The highest BCUT2D eigenvalue weighted by Crippen LogP contribution is 2.42. The van der Waals surface area contributed by atoms with Gasteiger partial charge in [-0.2, -0.15) is 18.4 Å². The van der Waals surface area contributed by atoms with Gasteiger partial charge in [-0.3, -0.25) is 4.79 Å². The molecule has 0 spiro atoms. The highest BCUT2D eigenvalue weighted by molar-refractivity contribution is 5.95. The first-order valence-electron chi connectivity index (χ1n) is 9.47. The van der Waals surface area contributed by atoms with Crippen LogP contribution in [0.4, 0.5) is 22.4 Å². The van der Waals surface area contributed by atoms with Gasteiger partial charge in [-0.1, -0.05) is 12.1 Å². The van der Waals surface area contributed by atoms with Crippen LogP contribution < -0.4 is 11.1 Å². The molecule has 0 bridgehead atoms. The van der Waals surface area contributed by atoms with Gasteiger partial charge in [0.1, 0.15) is 23.1 Å². The van der Waals surface area contributed by atoms with Crippen molar-refractivity contribution in [2.24, 2.45) is 11.7 Å². The molecule has 2 atom stereocenters. The van der Waals surface area contributed by atoms with Gasteiger partial charge in [0.05, 0.1) is 12.0 Å². The minimum atomic E-state index is -4.66. The number of piperazine rings is 1. The largest absolute Gasteiger partial charge is 0.411 e. The van der Waals surface area contributed by atoms with Gasteiger partial charge >= 0.3 is 12.2 Å². The summed E-state index contributed by atoms with van der Waals surface area (Å²) in [6, 6.07) is 5.70. The van der Waals surface area contributed by atoms with E-state index >= 15 is 0 Å². The van der Waals surface area contributed by atoms with Gasteiger partial charge in [-0.15, -0.1) is 0 Å². The number of halogens is 4. The molecule has 3 N–H and O–H groups in total. The van der Waals surface area contributed by atoms with E-state index in [1.807, 2.05) is 11.4 Å². The molecule has 1 saturated heterocycles. The number of urea groups is 1. The van der Waals surface area contributed by atoms with E-state index < -0.39 is 41.4 Å². The van der Waals surface area contributed by atoms with E-state index in [9.17, 15) is 32.4 Å². The number of nitrogens with one attached hydrogen (secondary N) is 1. The smallest absolute Gasteiger partial charge is 0.369 e. The van der Waals surface area contributed by atoms with Crippen LogP contribution in [0.2, 0.25) is 0 Å². The highest BCUT2D eigenvalue weighted by atomic mass is 19.4. The summed E-state index contributed by atoms with van der Waals surface area (Å²) in [6.07, 6.45) is -4.66. The topological polar surface area (TPSA) is 102 Å². The third kappa shape index (κ3) is 4.02. The number of amides is 3. The quantitative estimate of drug-likeness (QED) is 0.705. The van der Waals surface area contributed by atoms with Crippen molar-refractivity contribution in [3.8, 4) is 6.07 Å². The number of rotatable bonds is 3. The van der Waals surface area contributed by atoms with Crippen molar-refractivity contribution in [2.75, 3.05) is 19.6 Å². The van der Waals surface area contributed by atoms with Crippen LogP contribution in [0.1, 0.15) is 19.4 Å². The van der Waals surface area contributed by atoms with Gasteiger partial charge in [0, 0.05) is 25.2 Å². The zero-order valence-corrected chi connectivity index (χ0v) is 16.8. The first-order valence-corrected chi connectivity index (χ1v) is 9.47. The maximum atomic E-state index is 13.8. The van der Waals surface area contributed by atoms with Crippen molar-refractivity contribution in [3.63, 3.8) is 0 Å². The lowest BCUT2D eigenvalue weighted by molar-refractivity contribution is -0.183. The molecule has 0 aliphatic carbocycles.